The Morgan fingerprint density at radius 1 is 1.26 bits per heavy atom. The fraction of sp³-hybridized carbons (Fsp3) is 0.250. The van der Waals surface area contributed by atoms with Crippen molar-refractivity contribution in [2.45, 2.75) is 12.8 Å². The Morgan fingerprint density at radius 2 is 2.15 bits per heavy atom. The van der Waals surface area contributed by atoms with Crippen molar-refractivity contribution in [2.75, 3.05) is 25.2 Å². The smallest absolute Gasteiger partial charge is 0.177 e. The van der Waals surface area contributed by atoms with Crippen molar-refractivity contribution in [1.82, 2.24) is 15.0 Å². The first-order valence-electron chi connectivity index (χ1n) is 8.69. The molecule has 0 N–H and O–H groups in total. The number of nitriles is 1. The van der Waals surface area contributed by atoms with Crippen molar-refractivity contribution >= 4 is 5.69 Å². The van der Waals surface area contributed by atoms with E-state index in [1.54, 1.807) is 17.9 Å². The Morgan fingerprint density at radius 3 is 3.00 bits per heavy atom. The Bertz CT molecular complexity index is 978. The molecule has 2 heterocycles. The summed E-state index contributed by atoms with van der Waals surface area (Å²) in [5.41, 5.74) is 3.31. The number of methoxy groups -OCH3 is 1. The number of rotatable bonds is 5. The molecule has 27 heavy (non-hydrogen) atoms. The first-order valence-corrected chi connectivity index (χ1v) is 8.69. The van der Waals surface area contributed by atoms with Gasteiger partial charge in [0.2, 0.25) is 0 Å². The van der Waals surface area contributed by atoms with E-state index in [0.29, 0.717) is 18.7 Å². The van der Waals surface area contributed by atoms with Gasteiger partial charge in [0.1, 0.15) is 11.4 Å². The van der Waals surface area contributed by atoms with Crippen LogP contribution in [0.2, 0.25) is 0 Å². The number of anilines is 1. The predicted octanol–water partition coefficient (Wildman–Crippen LogP) is 2.74. The molecule has 0 unspecified atom stereocenters. The Labute approximate surface area is 157 Å². The van der Waals surface area contributed by atoms with Crippen LogP contribution in [0.3, 0.4) is 0 Å². The summed E-state index contributed by atoms with van der Waals surface area (Å²) in [5, 5.41) is 17.8. The summed E-state index contributed by atoms with van der Waals surface area (Å²) in [6.45, 7) is 1.87. The van der Waals surface area contributed by atoms with Gasteiger partial charge in [0.25, 0.3) is 0 Å². The molecular formula is C20H19N5O2. The van der Waals surface area contributed by atoms with Crippen LogP contribution in [0.15, 0.2) is 54.7 Å². The van der Waals surface area contributed by atoms with Crippen LogP contribution >= 0.6 is 0 Å². The first kappa shape index (κ1) is 17.1. The minimum Gasteiger partial charge on any atom is -0.497 e. The minimum absolute atomic E-state index is 0.294. The van der Waals surface area contributed by atoms with Crippen molar-refractivity contribution in [2.24, 2.45) is 0 Å². The summed E-state index contributed by atoms with van der Waals surface area (Å²) in [6, 6.07) is 17.6. The van der Waals surface area contributed by atoms with E-state index in [1.807, 2.05) is 48.7 Å². The van der Waals surface area contributed by atoms with E-state index in [-0.39, 0.29) is 6.23 Å². The second-order valence-electron chi connectivity index (χ2n) is 6.23. The van der Waals surface area contributed by atoms with E-state index < -0.39 is 0 Å². The largest absolute Gasteiger partial charge is 0.497 e. The summed E-state index contributed by atoms with van der Waals surface area (Å²) in [5.74, 6) is 0.801. The Hall–Kier alpha value is -3.37. The van der Waals surface area contributed by atoms with Crippen LogP contribution in [0, 0.1) is 11.3 Å². The van der Waals surface area contributed by atoms with E-state index >= 15 is 0 Å². The van der Waals surface area contributed by atoms with Crippen LogP contribution in [0.4, 0.5) is 5.69 Å². The summed E-state index contributed by atoms with van der Waals surface area (Å²) >= 11 is 0. The molecule has 0 spiro atoms. The summed E-state index contributed by atoms with van der Waals surface area (Å²) in [7, 11) is 1.65. The normalized spacial score (nSPS) is 16.3. The fourth-order valence-corrected chi connectivity index (χ4v) is 3.21. The quantitative estimate of drug-likeness (QED) is 0.695. The molecule has 3 aromatic rings. The summed E-state index contributed by atoms with van der Waals surface area (Å²) < 4.78 is 13.0. The van der Waals surface area contributed by atoms with Gasteiger partial charge < -0.3 is 14.4 Å². The maximum absolute atomic E-state index is 9.25. The van der Waals surface area contributed by atoms with Gasteiger partial charge in [0.15, 0.2) is 6.23 Å². The second kappa shape index (κ2) is 7.48. The number of hydrogen-bond acceptors (Lipinski definition) is 6. The average Bonchev–Trinajstić information content (AvgIpc) is 3.37. The Balaban J connectivity index is 1.56. The van der Waals surface area contributed by atoms with Gasteiger partial charge in [-0.3, -0.25) is 0 Å². The topological polar surface area (TPSA) is 76.2 Å². The molecule has 1 aliphatic heterocycles. The van der Waals surface area contributed by atoms with E-state index in [9.17, 15) is 5.26 Å². The molecule has 1 fully saturated rings. The number of benzene rings is 2. The zero-order valence-electron chi connectivity index (χ0n) is 14.9. The third-order valence-corrected chi connectivity index (χ3v) is 4.56. The fourth-order valence-electron chi connectivity index (χ4n) is 3.21. The highest BCUT2D eigenvalue weighted by Gasteiger charge is 2.30. The van der Waals surface area contributed by atoms with Gasteiger partial charge in [0.05, 0.1) is 38.1 Å². The average molecular weight is 361 g/mol. The molecule has 0 bridgehead atoms. The molecule has 136 valence electrons. The molecule has 7 nitrogen and oxygen atoms in total. The second-order valence-corrected chi connectivity index (χ2v) is 6.23. The highest BCUT2D eigenvalue weighted by Crippen LogP contribution is 2.32. The lowest BCUT2D eigenvalue weighted by molar-refractivity contribution is 0.110. The maximum Gasteiger partial charge on any atom is 0.177 e. The maximum atomic E-state index is 9.25. The molecule has 7 heteroatoms. The van der Waals surface area contributed by atoms with E-state index in [1.165, 1.54) is 0 Å². The number of hydrogen-bond donors (Lipinski definition) is 0. The van der Waals surface area contributed by atoms with Gasteiger partial charge in [0, 0.05) is 18.3 Å². The standard InChI is InChI=1S/C20H19N5O2/c1-26-18-8-4-7-17(11-18)25-9-10-27-20(25)19-14-24(23-22-19)13-16-6-3-2-5-15(16)12-21/h2-8,11,14,20H,9-10,13H2,1H3/t20-/m1/s1. The Kier molecular flexibility index (Phi) is 4.73. The monoisotopic (exact) mass is 361 g/mol. The van der Waals surface area contributed by atoms with Gasteiger partial charge >= 0.3 is 0 Å². The van der Waals surface area contributed by atoms with Crippen molar-refractivity contribution in [3.63, 3.8) is 0 Å². The molecule has 1 aliphatic rings. The predicted molar refractivity (Wildman–Crippen MR) is 99.3 cm³/mol. The first-order chi connectivity index (χ1) is 13.3. The molecule has 1 atom stereocenters. The van der Waals surface area contributed by atoms with Crippen LogP contribution in [-0.2, 0) is 11.3 Å². The SMILES string of the molecule is COc1cccc(N2CCO[C@@H]2c2cn(Cc3ccccc3C#N)nn2)c1. The number of ether oxygens (including phenoxy) is 2. The lowest BCUT2D eigenvalue weighted by atomic mass is 10.1. The molecule has 0 amide bonds. The van der Waals surface area contributed by atoms with Crippen molar-refractivity contribution in [3.8, 4) is 11.8 Å². The zero-order valence-corrected chi connectivity index (χ0v) is 14.9. The zero-order chi connectivity index (χ0) is 18.6. The van der Waals surface area contributed by atoms with Crippen LogP contribution < -0.4 is 9.64 Å². The van der Waals surface area contributed by atoms with Gasteiger partial charge in [-0.05, 0) is 23.8 Å². The molecule has 1 aromatic heterocycles. The van der Waals surface area contributed by atoms with E-state index in [4.69, 9.17) is 9.47 Å². The van der Waals surface area contributed by atoms with Crippen molar-refractivity contribution in [1.29, 1.82) is 5.26 Å². The summed E-state index contributed by atoms with van der Waals surface area (Å²) in [6.07, 6.45) is 1.58. The summed E-state index contributed by atoms with van der Waals surface area (Å²) in [4.78, 5) is 2.14. The minimum atomic E-state index is -0.294. The molecule has 1 saturated heterocycles. The van der Waals surface area contributed by atoms with Crippen LogP contribution in [0.1, 0.15) is 23.0 Å². The molecule has 2 aromatic carbocycles. The van der Waals surface area contributed by atoms with Gasteiger partial charge in [-0.2, -0.15) is 5.26 Å². The third-order valence-electron chi connectivity index (χ3n) is 4.56. The van der Waals surface area contributed by atoms with Crippen molar-refractivity contribution < 1.29 is 9.47 Å². The lowest BCUT2D eigenvalue weighted by Gasteiger charge is -2.23. The number of nitrogens with zero attached hydrogens (tertiary/aromatic N) is 5. The van der Waals surface area contributed by atoms with Crippen LogP contribution in [0.5, 0.6) is 5.75 Å². The van der Waals surface area contributed by atoms with Gasteiger partial charge in [-0.1, -0.05) is 29.5 Å². The van der Waals surface area contributed by atoms with Crippen LogP contribution in [-0.4, -0.2) is 35.3 Å². The van der Waals surface area contributed by atoms with E-state index in [2.05, 4.69) is 21.3 Å². The van der Waals surface area contributed by atoms with Gasteiger partial charge in [-0.25, -0.2) is 4.68 Å². The third kappa shape index (κ3) is 3.48. The molecule has 0 radical (unpaired) electrons. The highest BCUT2D eigenvalue weighted by atomic mass is 16.5. The molecule has 4 rings (SSSR count). The van der Waals surface area contributed by atoms with Crippen molar-refractivity contribution in [3.05, 3.63) is 71.5 Å². The van der Waals surface area contributed by atoms with Crippen LogP contribution in [0.25, 0.3) is 0 Å². The molecule has 0 aliphatic carbocycles. The van der Waals surface area contributed by atoms with Gasteiger partial charge in [-0.15, -0.1) is 5.10 Å². The van der Waals surface area contributed by atoms with E-state index in [0.717, 1.165) is 29.2 Å². The number of aromatic nitrogens is 3. The molecular weight excluding hydrogens is 342 g/mol. The molecule has 0 saturated carbocycles. The highest BCUT2D eigenvalue weighted by molar-refractivity contribution is 5.52. The lowest BCUT2D eigenvalue weighted by Crippen LogP contribution is -2.23.